The highest BCUT2D eigenvalue weighted by molar-refractivity contribution is 5.97. The number of amides is 1. The molecule has 2 aliphatic rings. The Morgan fingerprint density at radius 3 is 2.44 bits per heavy atom. The van der Waals surface area contributed by atoms with E-state index >= 15 is 0 Å². The molecule has 2 aromatic rings. The van der Waals surface area contributed by atoms with Crippen LogP contribution in [0.25, 0.3) is 0 Å². The van der Waals surface area contributed by atoms with Gasteiger partial charge in [0.1, 0.15) is 11.6 Å². The van der Waals surface area contributed by atoms with Crippen molar-refractivity contribution < 1.29 is 28.6 Å². The molecule has 1 aromatic carbocycles. The summed E-state index contributed by atoms with van der Waals surface area (Å²) < 4.78 is 25.8. The standard InChI is InChI=1S/C31H48FN7O3.CH2O2/c1-9-39(22(4)5)29(40)24-17-23(32)12-13-26(24)42-28-27(33-30(41-8)35-34-28)37-16-14-31(18-37)19-38(20-31)25(21(2)3)11-10-15-36(6)7;2-1-3/h12-13,17,21-22,25H,9-11,14-16,18-20H2,1-8H3;1H,(H,2,3). The highest BCUT2D eigenvalue weighted by Gasteiger charge is 2.50. The minimum Gasteiger partial charge on any atom is -0.483 e. The molecule has 1 spiro atoms. The van der Waals surface area contributed by atoms with E-state index in [1.807, 2.05) is 20.8 Å². The molecular weight excluding hydrogens is 581 g/mol. The fraction of sp³-hybridized carbons (Fsp3) is 0.656. The van der Waals surface area contributed by atoms with Gasteiger partial charge in [-0.2, -0.15) is 4.98 Å². The average Bonchev–Trinajstić information content (AvgIpc) is 3.42. The second-order valence-corrected chi connectivity index (χ2v) is 12.8. The molecule has 2 aliphatic heterocycles. The van der Waals surface area contributed by atoms with Crippen molar-refractivity contribution >= 4 is 18.2 Å². The van der Waals surface area contributed by atoms with Crippen LogP contribution in [0.2, 0.25) is 0 Å². The van der Waals surface area contributed by atoms with Crippen LogP contribution in [0.1, 0.15) is 64.2 Å². The molecule has 2 fully saturated rings. The lowest BCUT2D eigenvalue weighted by molar-refractivity contribution is -0.122. The Labute approximate surface area is 266 Å². The minimum atomic E-state index is -0.512. The van der Waals surface area contributed by atoms with Gasteiger partial charge in [-0.1, -0.05) is 18.9 Å². The summed E-state index contributed by atoms with van der Waals surface area (Å²) in [4.78, 5) is 35.1. The molecule has 3 heterocycles. The quantitative estimate of drug-likeness (QED) is 0.319. The normalized spacial score (nSPS) is 16.4. The number of methoxy groups -OCH3 is 1. The number of aromatic nitrogens is 3. The summed E-state index contributed by atoms with van der Waals surface area (Å²) in [5.41, 5.74) is 0.315. The van der Waals surface area contributed by atoms with Crippen molar-refractivity contribution in [1.29, 1.82) is 0 Å². The third kappa shape index (κ3) is 9.00. The minimum absolute atomic E-state index is 0.0530. The van der Waals surface area contributed by atoms with Crippen LogP contribution in [0, 0.1) is 17.2 Å². The molecule has 45 heavy (non-hydrogen) atoms. The van der Waals surface area contributed by atoms with Gasteiger partial charge < -0.3 is 29.3 Å². The number of ether oxygens (including phenoxy) is 2. The molecule has 0 aliphatic carbocycles. The summed E-state index contributed by atoms with van der Waals surface area (Å²) in [5, 5.41) is 15.2. The Bertz CT molecular complexity index is 1270. The maximum atomic E-state index is 14.3. The van der Waals surface area contributed by atoms with E-state index in [1.54, 1.807) is 4.90 Å². The number of nitrogens with zero attached hydrogens (tertiary/aromatic N) is 7. The molecule has 4 rings (SSSR count). The first-order valence-electron chi connectivity index (χ1n) is 15.7. The third-order valence-corrected chi connectivity index (χ3v) is 8.56. The first-order valence-corrected chi connectivity index (χ1v) is 15.7. The van der Waals surface area contributed by atoms with Crippen LogP contribution in [0.3, 0.4) is 0 Å². The number of rotatable bonds is 13. The van der Waals surface area contributed by atoms with E-state index in [9.17, 15) is 9.18 Å². The number of anilines is 1. The highest BCUT2D eigenvalue weighted by atomic mass is 19.1. The number of hydrogen-bond acceptors (Lipinski definition) is 10. The lowest BCUT2D eigenvalue weighted by Crippen LogP contribution is -2.62. The highest BCUT2D eigenvalue weighted by Crippen LogP contribution is 2.45. The van der Waals surface area contributed by atoms with Crippen molar-refractivity contribution in [3.8, 4) is 17.6 Å². The van der Waals surface area contributed by atoms with Gasteiger partial charge in [0, 0.05) is 50.2 Å². The second-order valence-electron chi connectivity index (χ2n) is 12.8. The van der Waals surface area contributed by atoms with Crippen LogP contribution in [0.5, 0.6) is 17.6 Å². The smallest absolute Gasteiger partial charge is 0.337 e. The van der Waals surface area contributed by atoms with Crippen molar-refractivity contribution in [2.45, 2.75) is 66.0 Å². The van der Waals surface area contributed by atoms with Crippen molar-refractivity contribution in [3.05, 3.63) is 29.6 Å². The summed E-state index contributed by atoms with van der Waals surface area (Å²) in [6, 6.07) is 4.62. The van der Waals surface area contributed by atoms with Crippen LogP contribution in [-0.2, 0) is 4.79 Å². The molecule has 0 saturated carbocycles. The Balaban J connectivity index is 0.00000177. The van der Waals surface area contributed by atoms with Gasteiger partial charge in [-0.15, -0.1) is 5.10 Å². The second kappa shape index (κ2) is 16.1. The number of carbonyl (C=O) groups excluding carboxylic acids is 1. The first-order chi connectivity index (χ1) is 21.4. The van der Waals surface area contributed by atoms with E-state index in [2.05, 4.69) is 57.8 Å². The maximum Gasteiger partial charge on any atom is 0.337 e. The molecule has 2 saturated heterocycles. The van der Waals surface area contributed by atoms with Gasteiger partial charge in [-0.25, -0.2) is 4.39 Å². The zero-order valence-corrected chi connectivity index (χ0v) is 28.0. The monoisotopic (exact) mass is 631 g/mol. The van der Waals surface area contributed by atoms with Gasteiger partial charge in [-0.3, -0.25) is 14.5 Å². The molecule has 250 valence electrons. The van der Waals surface area contributed by atoms with Crippen molar-refractivity contribution in [2.75, 3.05) is 65.4 Å². The first kappa shape index (κ1) is 35.9. The predicted octanol–water partition coefficient (Wildman–Crippen LogP) is 4.26. The Kier molecular flexibility index (Phi) is 12.9. The fourth-order valence-corrected chi connectivity index (χ4v) is 6.39. The lowest BCUT2D eigenvalue weighted by Gasteiger charge is -2.53. The Morgan fingerprint density at radius 2 is 1.87 bits per heavy atom. The van der Waals surface area contributed by atoms with E-state index in [0.29, 0.717) is 24.3 Å². The molecule has 1 unspecified atom stereocenters. The van der Waals surface area contributed by atoms with E-state index < -0.39 is 5.82 Å². The molecule has 0 radical (unpaired) electrons. The third-order valence-electron chi connectivity index (χ3n) is 8.56. The number of carboxylic acid groups (broad SMARTS) is 1. The number of benzene rings is 1. The van der Waals surface area contributed by atoms with Gasteiger partial charge >= 0.3 is 6.01 Å². The summed E-state index contributed by atoms with van der Waals surface area (Å²) in [5.74, 6) is 0.678. The molecule has 1 N–H and O–H groups in total. The zero-order valence-electron chi connectivity index (χ0n) is 28.0. The number of carbonyl (C=O) groups is 2. The summed E-state index contributed by atoms with van der Waals surface area (Å²) in [6.07, 6.45) is 3.43. The van der Waals surface area contributed by atoms with Gasteiger partial charge in [0.15, 0.2) is 5.82 Å². The largest absolute Gasteiger partial charge is 0.483 e. The van der Waals surface area contributed by atoms with Crippen LogP contribution < -0.4 is 14.4 Å². The van der Waals surface area contributed by atoms with E-state index in [0.717, 1.165) is 39.1 Å². The lowest BCUT2D eigenvalue weighted by atomic mass is 9.76. The fourth-order valence-electron chi connectivity index (χ4n) is 6.39. The van der Waals surface area contributed by atoms with Gasteiger partial charge in [0.25, 0.3) is 18.3 Å². The molecule has 1 atom stereocenters. The summed E-state index contributed by atoms with van der Waals surface area (Å²) >= 11 is 0. The maximum absolute atomic E-state index is 14.3. The number of hydrogen-bond donors (Lipinski definition) is 1. The SMILES string of the molecule is CCN(C(=O)c1cc(F)ccc1Oc1nnc(OC)nc1N1CCC2(C1)CN(C(CCCN(C)C)C(C)C)C2)C(C)C.O=CO. The molecule has 0 bridgehead atoms. The molecule has 12 nitrogen and oxygen atoms in total. The average molecular weight is 632 g/mol. The van der Waals surface area contributed by atoms with Crippen LogP contribution in [0.15, 0.2) is 18.2 Å². The van der Waals surface area contributed by atoms with Crippen LogP contribution in [-0.4, -0.2) is 120 Å². The van der Waals surface area contributed by atoms with Gasteiger partial charge in [0.2, 0.25) is 0 Å². The topological polar surface area (TPSA) is 124 Å². The predicted molar refractivity (Wildman–Crippen MR) is 171 cm³/mol. The van der Waals surface area contributed by atoms with E-state index in [4.69, 9.17) is 19.4 Å². The van der Waals surface area contributed by atoms with E-state index in [1.165, 1.54) is 38.2 Å². The molecule has 1 aromatic heterocycles. The number of halogens is 1. The van der Waals surface area contributed by atoms with Gasteiger partial charge in [0.05, 0.1) is 12.7 Å². The molecular formula is C32H50FN7O5. The van der Waals surface area contributed by atoms with E-state index in [-0.39, 0.29) is 47.0 Å². The summed E-state index contributed by atoms with van der Waals surface area (Å²) in [7, 11) is 5.76. The molecule has 1 amide bonds. The van der Waals surface area contributed by atoms with Crippen LogP contribution >= 0.6 is 0 Å². The van der Waals surface area contributed by atoms with Crippen molar-refractivity contribution in [1.82, 2.24) is 29.9 Å². The zero-order chi connectivity index (χ0) is 33.3. The van der Waals surface area contributed by atoms with Crippen molar-refractivity contribution in [3.63, 3.8) is 0 Å². The van der Waals surface area contributed by atoms with Gasteiger partial charge in [-0.05, 0) is 84.8 Å². The number of likely N-dealkylation sites (tertiary alicyclic amines) is 1. The molecule has 13 heteroatoms. The Hall–Kier alpha value is -3.58. The summed E-state index contributed by atoms with van der Waals surface area (Å²) in [6.45, 7) is 15.5. The van der Waals surface area contributed by atoms with Crippen LogP contribution in [0.4, 0.5) is 10.2 Å². The van der Waals surface area contributed by atoms with Crippen molar-refractivity contribution in [2.24, 2.45) is 11.3 Å². The Morgan fingerprint density at radius 1 is 1.18 bits per heavy atom.